The van der Waals surface area contributed by atoms with Gasteiger partial charge in [0, 0.05) is 13.1 Å². The number of imide groups is 2. The van der Waals surface area contributed by atoms with E-state index in [2.05, 4.69) is 10.6 Å². The van der Waals surface area contributed by atoms with Crippen molar-refractivity contribution < 1.29 is 28.7 Å². The fourth-order valence-corrected chi connectivity index (χ4v) is 2.91. The van der Waals surface area contributed by atoms with E-state index in [9.17, 15) is 24.0 Å². The molecule has 2 heterocycles. The van der Waals surface area contributed by atoms with E-state index in [4.69, 9.17) is 4.74 Å². The number of urea groups is 2. The Bertz CT molecular complexity index is 636. The zero-order valence-electron chi connectivity index (χ0n) is 15.2. The number of unbranched alkanes of at least 4 members (excludes halogenated alkanes) is 1. The summed E-state index contributed by atoms with van der Waals surface area (Å²) < 4.78 is 5.00. The lowest BCUT2D eigenvalue weighted by Gasteiger charge is -2.21. The minimum atomic E-state index is -1.20. The van der Waals surface area contributed by atoms with E-state index in [-0.39, 0.29) is 6.54 Å². The number of esters is 1. The average molecular weight is 368 g/mol. The van der Waals surface area contributed by atoms with Gasteiger partial charge in [-0.05, 0) is 20.3 Å². The van der Waals surface area contributed by atoms with Gasteiger partial charge >= 0.3 is 18.0 Å². The molecule has 2 aliphatic rings. The molecular weight excluding hydrogens is 344 g/mol. The van der Waals surface area contributed by atoms with Crippen molar-refractivity contribution in [3.05, 3.63) is 0 Å². The molecular formula is C16H24N4O6. The van der Waals surface area contributed by atoms with Crippen LogP contribution in [-0.2, 0) is 19.1 Å². The van der Waals surface area contributed by atoms with E-state index in [1.807, 2.05) is 6.92 Å². The van der Waals surface area contributed by atoms with Crippen LogP contribution in [0, 0.1) is 0 Å². The molecule has 26 heavy (non-hydrogen) atoms. The molecule has 0 aromatic rings. The van der Waals surface area contributed by atoms with E-state index >= 15 is 0 Å². The summed E-state index contributed by atoms with van der Waals surface area (Å²) in [5, 5.41) is 5.07. The van der Waals surface area contributed by atoms with Crippen LogP contribution in [0.5, 0.6) is 0 Å². The first-order valence-corrected chi connectivity index (χ1v) is 8.62. The molecule has 2 fully saturated rings. The fraction of sp³-hybridized carbons (Fsp3) is 0.688. The van der Waals surface area contributed by atoms with Gasteiger partial charge in [0.25, 0.3) is 11.8 Å². The van der Waals surface area contributed by atoms with E-state index in [0.29, 0.717) is 13.0 Å². The van der Waals surface area contributed by atoms with Crippen LogP contribution in [0.3, 0.4) is 0 Å². The van der Waals surface area contributed by atoms with Crippen molar-refractivity contribution in [1.82, 2.24) is 20.4 Å². The summed E-state index contributed by atoms with van der Waals surface area (Å²) in [7, 11) is 0. The van der Waals surface area contributed by atoms with Crippen LogP contribution >= 0.6 is 0 Å². The number of rotatable bonds is 7. The monoisotopic (exact) mass is 368 g/mol. The summed E-state index contributed by atoms with van der Waals surface area (Å²) in [5.74, 6) is -2.04. The lowest BCUT2D eigenvalue weighted by atomic mass is 9.95. The molecule has 0 aromatic carbocycles. The van der Waals surface area contributed by atoms with Gasteiger partial charge in [-0.15, -0.1) is 0 Å². The average Bonchev–Trinajstić information content (AvgIpc) is 3.09. The smallest absolute Gasteiger partial charge is 0.327 e. The van der Waals surface area contributed by atoms with Gasteiger partial charge in [0.1, 0.15) is 12.1 Å². The van der Waals surface area contributed by atoms with Crippen molar-refractivity contribution in [2.45, 2.75) is 51.7 Å². The molecule has 0 unspecified atom stereocenters. The molecule has 144 valence electrons. The van der Waals surface area contributed by atoms with E-state index in [1.54, 1.807) is 6.92 Å². The Morgan fingerprint density at radius 2 is 1.96 bits per heavy atom. The number of carbonyl (C=O) groups excluding carboxylic acids is 5. The predicted molar refractivity (Wildman–Crippen MR) is 88.8 cm³/mol. The van der Waals surface area contributed by atoms with Crippen molar-refractivity contribution in [1.29, 1.82) is 0 Å². The van der Waals surface area contributed by atoms with Crippen LogP contribution in [0.2, 0.25) is 0 Å². The van der Waals surface area contributed by atoms with E-state index < -0.39 is 48.0 Å². The number of amides is 6. The number of hydrogen-bond donors (Lipinski definition) is 2. The maximum absolute atomic E-state index is 12.5. The van der Waals surface area contributed by atoms with Crippen LogP contribution in [0.25, 0.3) is 0 Å². The Balaban J connectivity index is 1.92. The maximum atomic E-state index is 12.5. The van der Waals surface area contributed by atoms with Crippen molar-refractivity contribution >= 4 is 29.8 Å². The Morgan fingerprint density at radius 3 is 2.54 bits per heavy atom. The predicted octanol–water partition coefficient (Wildman–Crippen LogP) is -0.0294. The van der Waals surface area contributed by atoms with Crippen molar-refractivity contribution in [2.24, 2.45) is 0 Å². The van der Waals surface area contributed by atoms with Crippen LogP contribution < -0.4 is 10.6 Å². The number of hydrogen-bond acceptors (Lipinski definition) is 6. The summed E-state index contributed by atoms with van der Waals surface area (Å²) in [6, 6.07) is -1.21. The summed E-state index contributed by atoms with van der Waals surface area (Å²) in [6.07, 6.45) is 0.895. The van der Waals surface area contributed by atoms with Gasteiger partial charge in [0.05, 0.1) is 0 Å². The van der Waals surface area contributed by atoms with Gasteiger partial charge in [-0.2, -0.15) is 0 Å². The second kappa shape index (κ2) is 7.71. The Labute approximate surface area is 151 Å². The first-order valence-electron chi connectivity index (χ1n) is 8.62. The molecule has 2 N–H and O–H groups in total. The zero-order valence-corrected chi connectivity index (χ0v) is 15.2. The standard InChI is InChI=1S/C16H24N4O6/c1-4-5-6-16(3)13(23)20(15(25)18-16)9-11(21)26-10(2)12(22)19-8-7-17-14(19)24/h10H,4-9H2,1-3H3,(H,17,24)(H,18,25)/t10-,16-/m1/s1. The molecule has 2 saturated heterocycles. The second-order valence-electron chi connectivity index (χ2n) is 6.61. The Morgan fingerprint density at radius 1 is 1.27 bits per heavy atom. The molecule has 0 aliphatic carbocycles. The fourth-order valence-electron chi connectivity index (χ4n) is 2.91. The van der Waals surface area contributed by atoms with Gasteiger partial charge in [-0.3, -0.25) is 24.2 Å². The number of nitrogens with one attached hydrogen (secondary N) is 2. The van der Waals surface area contributed by atoms with Gasteiger partial charge < -0.3 is 15.4 Å². The van der Waals surface area contributed by atoms with E-state index in [0.717, 1.165) is 22.6 Å². The third-order valence-electron chi connectivity index (χ3n) is 4.44. The van der Waals surface area contributed by atoms with Gasteiger partial charge in [0.2, 0.25) is 0 Å². The minimum Gasteiger partial charge on any atom is -0.451 e. The Hall–Kier alpha value is -2.65. The van der Waals surface area contributed by atoms with E-state index in [1.165, 1.54) is 6.92 Å². The molecule has 0 bridgehead atoms. The van der Waals surface area contributed by atoms with Crippen molar-refractivity contribution in [2.75, 3.05) is 19.6 Å². The maximum Gasteiger partial charge on any atom is 0.327 e. The van der Waals surface area contributed by atoms with Crippen LogP contribution in [0.4, 0.5) is 9.59 Å². The molecule has 0 spiro atoms. The minimum absolute atomic E-state index is 0.197. The molecule has 6 amide bonds. The number of carbonyl (C=O) groups is 5. The van der Waals surface area contributed by atoms with Crippen molar-refractivity contribution in [3.63, 3.8) is 0 Å². The highest BCUT2D eigenvalue weighted by molar-refractivity contribution is 6.08. The second-order valence-corrected chi connectivity index (χ2v) is 6.61. The third kappa shape index (κ3) is 3.94. The molecule has 2 aliphatic heterocycles. The quantitative estimate of drug-likeness (QED) is 0.480. The molecule has 0 saturated carbocycles. The van der Waals surface area contributed by atoms with Gasteiger partial charge in [-0.1, -0.05) is 19.8 Å². The highest BCUT2D eigenvalue weighted by Gasteiger charge is 2.48. The van der Waals surface area contributed by atoms with Gasteiger partial charge in [-0.25, -0.2) is 9.59 Å². The third-order valence-corrected chi connectivity index (χ3v) is 4.44. The lowest BCUT2D eigenvalue weighted by molar-refractivity contribution is -0.159. The Kier molecular flexibility index (Phi) is 5.83. The van der Waals surface area contributed by atoms with Gasteiger partial charge in [0.15, 0.2) is 6.10 Å². The number of nitrogens with zero attached hydrogens (tertiary/aromatic N) is 2. The molecule has 0 aromatic heterocycles. The molecule has 2 rings (SSSR count). The highest BCUT2D eigenvalue weighted by atomic mass is 16.5. The number of ether oxygens (including phenoxy) is 1. The topological polar surface area (TPSA) is 125 Å². The molecule has 10 heteroatoms. The molecule has 2 atom stereocenters. The zero-order chi connectivity index (χ0) is 19.5. The van der Waals surface area contributed by atoms with Crippen LogP contribution in [0.15, 0.2) is 0 Å². The summed E-state index contributed by atoms with van der Waals surface area (Å²) in [6.45, 7) is 4.87. The first kappa shape index (κ1) is 19.7. The molecule has 10 nitrogen and oxygen atoms in total. The summed E-state index contributed by atoms with van der Waals surface area (Å²) in [4.78, 5) is 61.9. The van der Waals surface area contributed by atoms with Crippen LogP contribution in [0.1, 0.15) is 40.0 Å². The first-order chi connectivity index (χ1) is 12.2. The normalized spacial score (nSPS) is 23.7. The van der Waals surface area contributed by atoms with Crippen LogP contribution in [-0.4, -0.2) is 70.9 Å². The SMILES string of the molecule is CCCC[C@@]1(C)NC(=O)N(CC(=O)O[C@H](C)C(=O)N2CCNC2=O)C1=O. The summed E-state index contributed by atoms with van der Waals surface area (Å²) >= 11 is 0. The summed E-state index contributed by atoms with van der Waals surface area (Å²) in [5.41, 5.74) is -1.04. The molecule has 0 radical (unpaired) electrons. The van der Waals surface area contributed by atoms with Crippen molar-refractivity contribution in [3.8, 4) is 0 Å². The largest absolute Gasteiger partial charge is 0.451 e. The lowest BCUT2D eigenvalue weighted by Crippen LogP contribution is -2.45. The highest BCUT2D eigenvalue weighted by Crippen LogP contribution is 2.23.